The summed E-state index contributed by atoms with van der Waals surface area (Å²) in [4.78, 5) is 27.6. The number of anilines is 1. The van der Waals surface area contributed by atoms with Crippen LogP contribution in [0.4, 0.5) is 5.69 Å². The lowest BCUT2D eigenvalue weighted by molar-refractivity contribution is -0.113. The summed E-state index contributed by atoms with van der Waals surface area (Å²) in [7, 11) is 0. The van der Waals surface area contributed by atoms with E-state index in [4.69, 9.17) is 5.26 Å². The Balaban J connectivity index is 2.35. The number of allylic oxidation sites excluding steroid dienone is 2. The summed E-state index contributed by atoms with van der Waals surface area (Å²) >= 11 is 0. The summed E-state index contributed by atoms with van der Waals surface area (Å²) in [5.74, 6) is -0.517. The molecule has 0 saturated carbocycles. The van der Waals surface area contributed by atoms with Crippen LogP contribution in [0.3, 0.4) is 0 Å². The van der Waals surface area contributed by atoms with Crippen LogP contribution < -0.4 is 10.9 Å². The number of fused-ring (bicyclic) bond motifs is 1. The molecule has 0 radical (unpaired) electrons. The van der Waals surface area contributed by atoms with Crippen LogP contribution >= 0.6 is 0 Å². The van der Waals surface area contributed by atoms with Crippen molar-refractivity contribution in [1.29, 1.82) is 5.26 Å². The van der Waals surface area contributed by atoms with Crippen molar-refractivity contribution >= 4 is 11.5 Å². The molecule has 0 aliphatic carbocycles. The van der Waals surface area contributed by atoms with Crippen molar-refractivity contribution in [2.24, 2.45) is 0 Å². The molecular weight excluding hydrogens is 314 g/mol. The summed E-state index contributed by atoms with van der Waals surface area (Å²) in [5.41, 5.74) is 4.80. The zero-order valence-electron chi connectivity index (χ0n) is 14.4. The summed E-state index contributed by atoms with van der Waals surface area (Å²) in [6.07, 6.45) is 2.30. The van der Waals surface area contributed by atoms with E-state index in [0.29, 0.717) is 28.8 Å². The highest BCUT2D eigenvalue weighted by atomic mass is 16.1. The first-order chi connectivity index (χ1) is 12.0. The monoisotopic (exact) mass is 333 g/mol. The molecule has 1 aromatic heterocycles. The van der Waals surface area contributed by atoms with Crippen LogP contribution in [0, 0.1) is 11.3 Å². The average Bonchev–Trinajstić information content (AvgIpc) is 2.59. The summed E-state index contributed by atoms with van der Waals surface area (Å²) in [6, 6.07) is 9.38. The molecule has 0 bridgehead atoms. The minimum Gasteiger partial charge on any atom is -0.358 e. The quantitative estimate of drug-likeness (QED) is 0.903. The third-order valence-electron chi connectivity index (χ3n) is 4.65. The van der Waals surface area contributed by atoms with Gasteiger partial charge in [0.25, 0.3) is 5.56 Å². The Morgan fingerprint density at radius 3 is 2.72 bits per heavy atom. The number of pyridine rings is 1. The molecule has 0 fully saturated rings. The number of aromatic amines is 1. The van der Waals surface area contributed by atoms with Gasteiger partial charge in [0.2, 0.25) is 0 Å². The van der Waals surface area contributed by atoms with Crippen molar-refractivity contribution in [3.05, 3.63) is 74.3 Å². The molecule has 126 valence electrons. The van der Waals surface area contributed by atoms with E-state index in [9.17, 15) is 9.59 Å². The predicted molar refractivity (Wildman–Crippen MR) is 96.4 cm³/mol. The molecule has 0 spiro atoms. The van der Waals surface area contributed by atoms with Crippen molar-refractivity contribution in [1.82, 2.24) is 4.98 Å². The number of Topliss-reactive ketones (excluding diaryl/α,β-unsaturated/α-hetero) is 1. The van der Waals surface area contributed by atoms with Crippen LogP contribution in [0.25, 0.3) is 0 Å². The Hall–Kier alpha value is -3.13. The van der Waals surface area contributed by atoms with Crippen molar-refractivity contribution in [2.75, 3.05) is 5.32 Å². The van der Waals surface area contributed by atoms with Crippen molar-refractivity contribution in [3.63, 3.8) is 0 Å². The van der Waals surface area contributed by atoms with Gasteiger partial charge in [0.15, 0.2) is 5.78 Å². The molecule has 2 heterocycles. The maximum absolute atomic E-state index is 12.6. The third-order valence-corrected chi connectivity index (χ3v) is 4.65. The Kier molecular flexibility index (Phi) is 4.28. The van der Waals surface area contributed by atoms with E-state index in [2.05, 4.69) is 16.4 Å². The molecule has 2 aromatic rings. The SMILES string of the molecule is CCc1cc(C#N)ccc1C1C(C(C)=O)=C(C)Nc2cc[nH]c(=O)c21. The van der Waals surface area contributed by atoms with Gasteiger partial charge in [-0.15, -0.1) is 0 Å². The summed E-state index contributed by atoms with van der Waals surface area (Å²) < 4.78 is 0. The highest BCUT2D eigenvalue weighted by Crippen LogP contribution is 2.41. The number of benzene rings is 1. The number of nitriles is 1. The van der Waals surface area contributed by atoms with Gasteiger partial charge in [0.05, 0.1) is 17.2 Å². The van der Waals surface area contributed by atoms with Gasteiger partial charge in [0.1, 0.15) is 0 Å². The smallest absolute Gasteiger partial charge is 0.254 e. The minimum absolute atomic E-state index is 0.0738. The number of H-pyrrole nitrogens is 1. The maximum atomic E-state index is 12.6. The lowest BCUT2D eigenvalue weighted by atomic mass is 9.77. The molecule has 1 atom stereocenters. The molecule has 5 nitrogen and oxygen atoms in total. The van der Waals surface area contributed by atoms with Gasteiger partial charge in [0, 0.05) is 29.1 Å². The molecular formula is C20H19N3O2. The number of aromatic nitrogens is 1. The van der Waals surface area contributed by atoms with Crippen LogP contribution in [0.5, 0.6) is 0 Å². The van der Waals surface area contributed by atoms with E-state index in [1.165, 1.54) is 6.92 Å². The third kappa shape index (κ3) is 2.76. The Bertz CT molecular complexity index is 993. The van der Waals surface area contributed by atoms with Gasteiger partial charge < -0.3 is 10.3 Å². The second-order valence-corrected chi connectivity index (χ2v) is 6.17. The fourth-order valence-corrected chi connectivity index (χ4v) is 3.56. The highest BCUT2D eigenvalue weighted by Gasteiger charge is 2.33. The van der Waals surface area contributed by atoms with Crippen LogP contribution in [0.15, 0.2) is 46.5 Å². The van der Waals surface area contributed by atoms with E-state index < -0.39 is 5.92 Å². The van der Waals surface area contributed by atoms with Crippen LogP contribution in [-0.4, -0.2) is 10.8 Å². The van der Waals surface area contributed by atoms with Gasteiger partial charge in [-0.25, -0.2) is 0 Å². The highest BCUT2D eigenvalue weighted by molar-refractivity contribution is 5.98. The fourth-order valence-electron chi connectivity index (χ4n) is 3.56. The predicted octanol–water partition coefficient (Wildman–Crippen LogP) is 3.23. The molecule has 1 aromatic carbocycles. The van der Waals surface area contributed by atoms with E-state index >= 15 is 0 Å². The second kappa shape index (κ2) is 6.40. The number of nitrogens with one attached hydrogen (secondary N) is 2. The van der Waals surface area contributed by atoms with Crippen molar-refractivity contribution in [2.45, 2.75) is 33.1 Å². The number of ketones is 1. The second-order valence-electron chi connectivity index (χ2n) is 6.17. The Labute approximate surface area is 146 Å². The van der Waals surface area contributed by atoms with Crippen LogP contribution in [0.2, 0.25) is 0 Å². The first-order valence-electron chi connectivity index (χ1n) is 8.21. The van der Waals surface area contributed by atoms with Gasteiger partial charge in [-0.05, 0) is 49.6 Å². The molecule has 0 amide bonds. The molecule has 1 unspecified atom stereocenters. The zero-order valence-corrected chi connectivity index (χ0v) is 14.4. The van der Waals surface area contributed by atoms with Gasteiger partial charge in [-0.1, -0.05) is 13.0 Å². The molecule has 0 saturated heterocycles. The van der Waals surface area contributed by atoms with E-state index in [0.717, 1.165) is 16.8 Å². The molecule has 1 aliphatic heterocycles. The first kappa shape index (κ1) is 16.7. The minimum atomic E-state index is -0.443. The maximum Gasteiger partial charge on any atom is 0.254 e. The fraction of sp³-hybridized carbons (Fsp3) is 0.250. The average molecular weight is 333 g/mol. The van der Waals surface area contributed by atoms with Crippen molar-refractivity contribution in [3.8, 4) is 6.07 Å². The molecule has 1 aliphatic rings. The van der Waals surface area contributed by atoms with Crippen molar-refractivity contribution < 1.29 is 4.79 Å². The van der Waals surface area contributed by atoms with Gasteiger partial charge in [-0.3, -0.25) is 9.59 Å². The molecule has 3 rings (SSSR count). The standard InChI is InChI=1S/C20H19N3O2/c1-4-14-9-13(10-21)5-6-15(14)18-17(12(3)24)11(2)23-16-7-8-22-20(25)19(16)18/h5-9,18,23H,4H2,1-3H3,(H,22,25). The normalized spacial score (nSPS) is 16.0. The van der Waals surface area contributed by atoms with Gasteiger partial charge in [-0.2, -0.15) is 5.26 Å². The topological polar surface area (TPSA) is 85.8 Å². The summed E-state index contributed by atoms with van der Waals surface area (Å²) in [6.45, 7) is 5.37. The molecule has 5 heteroatoms. The largest absolute Gasteiger partial charge is 0.358 e. The van der Waals surface area contributed by atoms with Crippen LogP contribution in [0.1, 0.15) is 48.9 Å². The van der Waals surface area contributed by atoms with E-state index in [1.54, 1.807) is 18.3 Å². The number of hydrogen-bond donors (Lipinski definition) is 2. The Morgan fingerprint density at radius 1 is 1.32 bits per heavy atom. The Morgan fingerprint density at radius 2 is 2.08 bits per heavy atom. The number of aryl methyl sites for hydroxylation is 1. The number of nitrogens with zero attached hydrogens (tertiary/aromatic N) is 1. The lowest BCUT2D eigenvalue weighted by Gasteiger charge is -2.30. The molecule has 2 N–H and O–H groups in total. The number of carbonyl (C=O) groups excluding carboxylic acids is 1. The number of carbonyl (C=O) groups is 1. The first-order valence-corrected chi connectivity index (χ1v) is 8.21. The van der Waals surface area contributed by atoms with E-state index in [1.807, 2.05) is 26.0 Å². The molecule has 25 heavy (non-hydrogen) atoms. The zero-order chi connectivity index (χ0) is 18.1. The number of hydrogen-bond acceptors (Lipinski definition) is 4. The van der Waals surface area contributed by atoms with Gasteiger partial charge >= 0.3 is 0 Å². The lowest BCUT2D eigenvalue weighted by Crippen LogP contribution is -2.28. The number of rotatable bonds is 3. The van der Waals surface area contributed by atoms with Crippen LogP contribution in [-0.2, 0) is 11.2 Å². The van der Waals surface area contributed by atoms with E-state index in [-0.39, 0.29) is 11.3 Å². The summed E-state index contributed by atoms with van der Waals surface area (Å²) in [5, 5.41) is 12.3.